The Hall–Kier alpha value is -2.96. The van der Waals surface area contributed by atoms with Gasteiger partial charge in [0, 0.05) is 38.3 Å². The van der Waals surface area contributed by atoms with Crippen LogP contribution in [0.4, 0.5) is 10.1 Å². The van der Waals surface area contributed by atoms with E-state index >= 15 is 0 Å². The Labute approximate surface area is 158 Å². The lowest BCUT2D eigenvalue weighted by atomic mass is 10.1. The van der Waals surface area contributed by atoms with Crippen molar-refractivity contribution in [3.63, 3.8) is 0 Å². The molecule has 0 saturated carbocycles. The summed E-state index contributed by atoms with van der Waals surface area (Å²) in [6.45, 7) is 2.10. The van der Waals surface area contributed by atoms with Crippen LogP contribution >= 0.6 is 0 Å². The molecule has 0 spiro atoms. The number of ether oxygens (including phenoxy) is 3. The first kappa shape index (κ1) is 18.8. The molecule has 0 atom stereocenters. The Balaban J connectivity index is 1.77. The number of carbonyl (C=O) groups excluding carboxylic acids is 1. The summed E-state index contributed by atoms with van der Waals surface area (Å²) < 4.78 is 29.9. The molecule has 0 bridgehead atoms. The fraction of sp³-hybridized carbons (Fsp3) is 0.350. The lowest BCUT2D eigenvalue weighted by molar-refractivity contribution is 0.0742. The molecule has 0 radical (unpaired) electrons. The smallest absolute Gasteiger partial charge is 0.257 e. The monoisotopic (exact) mass is 374 g/mol. The summed E-state index contributed by atoms with van der Waals surface area (Å²) in [5.74, 6) is 0.982. The minimum absolute atomic E-state index is 0.152. The molecule has 144 valence electrons. The lowest BCUT2D eigenvalue weighted by Crippen LogP contribution is -2.49. The number of piperazine rings is 1. The number of hydrogen-bond acceptors (Lipinski definition) is 5. The van der Waals surface area contributed by atoms with Crippen molar-refractivity contribution in [2.45, 2.75) is 0 Å². The second-order valence-corrected chi connectivity index (χ2v) is 6.14. The fourth-order valence-electron chi connectivity index (χ4n) is 3.23. The van der Waals surface area contributed by atoms with E-state index < -0.39 is 0 Å². The number of anilines is 1. The van der Waals surface area contributed by atoms with E-state index in [-0.39, 0.29) is 11.7 Å². The van der Waals surface area contributed by atoms with Crippen LogP contribution in [0.2, 0.25) is 0 Å². The first-order valence-electron chi connectivity index (χ1n) is 8.67. The first-order chi connectivity index (χ1) is 13.1. The third-order valence-electron chi connectivity index (χ3n) is 4.70. The number of halogens is 1. The van der Waals surface area contributed by atoms with Crippen molar-refractivity contribution in [3.05, 3.63) is 47.8 Å². The van der Waals surface area contributed by atoms with Crippen LogP contribution in [-0.4, -0.2) is 58.3 Å². The molecule has 1 aliphatic rings. The zero-order chi connectivity index (χ0) is 19.4. The summed E-state index contributed by atoms with van der Waals surface area (Å²) in [4.78, 5) is 16.7. The number of nitrogens with zero attached hydrogens (tertiary/aromatic N) is 2. The molecular weight excluding hydrogens is 351 g/mol. The van der Waals surface area contributed by atoms with E-state index in [9.17, 15) is 9.18 Å². The number of methoxy groups -OCH3 is 3. The van der Waals surface area contributed by atoms with Crippen LogP contribution in [0.15, 0.2) is 36.4 Å². The van der Waals surface area contributed by atoms with Crippen molar-refractivity contribution in [2.75, 3.05) is 52.4 Å². The maximum absolute atomic E-state index is 14.0. The quantitative estimate of drug-likeness (QED) is 0.806. The molecule has 7 heteroatoms. The van der Waals surface area contributed by atoms with E-state index in [0.717, 1.165) is 0 Å². The Morgan fingerprint density at radius 1 is 0.889 bits per heavy atom. The zero-order valence-corrected chi connectivity index (χ0v) is 15.7. The van der Waals surface area contributed by atoms with Gasteiger partial charge in [-0.25, -0.2) is 4.39 Å². The van der Waals surface area contributed by atoms with Crippen LogP contribution in [0.25, 0.3) is 0 Å². The molecule has 0 N–H and O–H groups in total. The van der Waals surface area contributed by atoms with Gasteiger partial charge in [0.25, 0.3) is 5.91 Å². The highest BCUT2D eigenvalue weighted by molar-refractivity contribution is 5.98. The van der Waals surface area contributed by atoms with E-state index in [2.05, 4.69) is 0 Å². The molecule has 1 aliphatic heterocycles. The number of para-hydroxylation sites is 1. The van der Waals surface area contributed by atoms with E-state index in [1.165, 1.54) is 27.4 Å². The maximum atomic E-state index is 14.0. The third kappa shape index (κ3) is 3.77. The highest BCUT2D eigenvalue weighted by Crippen LogP contribution is 2.35. The molecule has 1 saturated heterocycles. The van der Waals surface area contributed by atoms with Gasteiger partial charge in [-0.2, -0.15) is 0 Å². The van der Waals surface area contributed by atoms with Crippen LogP contribution in [0, 0.1) is 5.82 Å². The summed E-state index contributed by atoms with van der Waals surface area (Å²) in [5, 5.41) is 0. The highest BCUT2D eigenvalue weighted by atomic mass is 19.1. The largest absolute Gasteiger partial charge is 0.496 e. The molecule has 0 aromatic heterocycles. The van der Waals surface area contributed by atoms with E-state index in [4.69, 9.17) is 14.2 Å². The van der Waals surface area contributed by atoms with Gasteiger partial charge in [-0.1, -0.05) is 12.1 Å². The van der Waals surface area contributed by atoms with E-state index in [0.29, 0.717) is 54.7 Å². The lowest BCUT2D eigenvalue weighted by Gasteiger charge is -2.36. The SMILES string of the molecule is COc1cc(OC)c(C(=O)N2CCN(c3ccccc3F)CC2)cc1OC. The minimum Gasteiger partial charge on any atom is -0.496 e. The molecule has 3 rings (SSSR count). The molecule has 1 heterocycles. The number of benzene rings is 2. The second-order valence-electron chi connectivity index (χ2n) is 6.14. The van der Waals surface area contributed by atoms with Gasteiger partial charge in [0.15, 0.2) is 11.5 Å². The molecule has 1 amide bonds. The molecule has 0 aliphatic carbocycles. The number of hydrogen-bond donors (Lipinski definition) is 0. The summed E-state index contributed by atoms with van der Waals surface area (Å²) in [7, 11) is 4.56. The van der Waals surface area contributed by atoms with Crippen LogP contribution in [-0.2, 0) is 0 Å². The van der Waals surface area contributed by atoms with Gasteiger partial charge in [-0.3, -0.25) is 4.79 Å². The predicted molar refractivity (Wildman–Crippen MR) is 101 cm³/mol. The highest BCUT2D eigenvalue weighted by Gasteiger charge is 2.26. The Morgan fingerprint density at radius 2 is 1.48 bits per heavy atom. The van der Waals surface area contributed by atoms with Crippen LogP contribution < -0.4 is 19.1 Å². The first-order valence-corrected chi connectivity index (χ1v) is 8.67. The average Bonchev–Trinajstić information content (AvgIpc) is 2.72. The number of amides is 1. The Kier molecular flexibility index (Phi) is 5.69. The van der Waals surface area contributed by atoms with Crippen molar-refractivity contribution in [2.24, 2.45) is 0 Å². The van der Waals surface area contributed by atoms with Gasteiger partial charge in [0.2, 0.25) is 0 Å². The van der Waals surface area contributed by atoms with Crippen molar-refractivity contribution in [1.82, 2.24) is 4.90 Å². The summed E-state index contributed by atoms with van der Waals surface area (Å²) in [6.07, 6.45) is 0. The van der Waals surface area contributed by atoms with Gasteiger partial charge >= 0.3 is 0 Å². The minimum atomic E-state index is -0.251. The molecule has 1 fully saturated rings. The van der Waals surface area contributed by atoms with Gasteiger partial charge in [-0.05, 0) is 12.1 Å². The average molecular weight is 374 g/mol. The summed E-state index contributed by atoms with van der Waals surface area (Å²) in [5.41, 5.74) is 0.975. The third-order valence-corrected chi connectivity index (χ3v) is 4.70. The molecule has 2 aromatic rings. The van der Waals surface area contributed by atoms with E-state index in [1.54, 1.807) is 29.2 Å². The summed E-state index contributed by atoms with van der Waals surface area (Å²) >= 11 is 0. The number of carbonyl (C=O) groups is 1. The second kappa shape index (κ2) is 8.16. The molecular formula is C20H23FN2O4. The van der Waals surface area contributed by atoms with Crippen molar-refractivity contribution in [3.8, 4) is 17.2 Å². The Morgan fingerprint density at radius 3 is 2.07 bits per heavy atom. The molecule has 0 unspecified atom stereocenters. The molecule has 2 aromatic carbocycles. The van der Waals surface area contributed by atoms with Gasteiger partial charge < -0.3 is 24.0 Å². The van der Waals surface area contributed by atoms with Crippen LogP contribution in [0.5, 0.6) is 17.2 Å². The standard InChI is InChI=1S/C20H23FN2O4/c1-25-17-13-19(27-3)18(26-2)12-14(17)20(24)23-10-8-22(9-11-23)16-7-5-4-6-15(16)21/h4-7,12-13H,8-11H2,1-3H3. The number of rotatable bonds is 5. The van der Waals surface area contributed by atoms with Crippen LogP contribution in [0.1, 0.15) is 10.4 Å². The summed E-state index contributed by atoms with van der Waals surface area (Å²) in [6, 6.07) is 9.95. The van der Waals surface area contributed by atoms with Crippen LogP contribution in [0.3, 0.4) is 0 Å². The zero-order valence-electron chi connectivity index (χ0n) is 15.7. The molecule has 27 heavy (non-hydrogen) atoms. The molecule has 6 nitrogen and oxygen atoms in total. The van der Waals surface area contributed by atoms with Crippen molar-refractivity contribution >= 4 is 11.6 Å². The van der Waals surface area contributed by atoms with Crippen molar-refractivity contribution < 1.29 is 23.4 Å². The van der Waals surface area contributed by atoms with E-state index in [1.807, 2.05) is 11.0 Å². The topological polar surface area (TPSA) is 51.2 Å². The predicted octanol–water partition coefficient (Wildman–Crippen LogP) is 2.81. The van der Waals surface area contributed by atoms with Gasteiger partial charge in [-0.15, -0.1) is 0 Å². The normalized spacial score (nSPS) is 14.1. The van der Waals surface area contributed by atoms with Gasteiger partial charge in [0.1, 0.15) is 11.6 Å². The van der Waals surface area contributed by atoms with Crippen molar-refractivity contribution in [1.29, 1.82) is 0 Å². The fourth-order valence-corrected chi connectivity index (χ4v) is 3.23. The maximum Gasteiger partial charge on any atom is 0.257 e. The Bertz CT molecular complexity index is 820. The van der Waals surface area contributed by atoms with Gasteiger partial charge in [0.05, 0.1) is 32.6 Å².